The summed E-state index contributed by atoms with van der Waals surface area (Å²) in [5, 5.41) is 2.62. The zero-order valence-electron chi connectivity index (χ0n) is 13.4. The molecule has 0 aromatic rings. The normalized spacial score (nSPS) is 23.4. The molecule has 0 bridgehead atoms. The van der Waals surface area contributed by atoms with E-state index in [-0.39, 0.29) is 5.91 Å². The van der Waals surface area contributed by atoms with Gasteiger partial charge in [-0.25, -0.2) is 4.79 Å². The van der Waals surface area contributed by atoms with E-state index in [4.69, 9.17) is 4.74 Å². The molecule has 1 rings (SSSR count). The number of piperidine rings is 1. The zero-order chi connectivity index (χ0) is 15.3. The van der Waals surface area contributed by atoms with Gasteiger partial charge in [0.1, 0.15) is 5.60 Å². The van der Waals surface area contributed by atoms with Crippen molar-refractivity contribution >= 4 is 12.0 Å². The first-order valence-corrected chi connectivity index (χ1v) is 7.42. The highest BCUT2D eigenvalue weighted by Crippen LogP contribution is 2.21. The summed E-state index contributed by atoms with van der Waals surface area (Å²) in [5.41, 5.74) is -0.508. The first kappa shape index (κ1) is 16.8. The van der Waals surface area contributed by atoms with Gasteiger partial charge < -0.3 is 15.0 Å². The van der Waals surface area contributed by atoms with Gasteiger partial charge in [-0.1, -0.05) is 13.8 Å². The molecule has 0 aromatic carbocycles. The molecule has 1 saturated heterocycles. The molecule has 116 valence electrons. The Kier molecular flexibility index (Phi) is 5.84. The highest BCUT2D eigenvalue weighted by Gasteiger charge is 2.25. The third-order valence-corrected chi connectivity index (χ3v) is 3.23. The second-order valence-corrected chi connectivity index (χ2v) is 6.92. The summed E-state index contributed by atoms with van der Waals surface area (Å²) in [7, 11) is 0. The van der Waals surface area contributed by atoms with Gasteiger partial charge in [-0.15, -0.1) is 0 Å². The maximum Gasteiger partial charge on any atom is 0.407 e. The van der Waals surface area contributed by atoms with Gasteiger partial charge in [0, 0.05) is 26.1 Å². The Bertz CT molecular complexity index is 340. The zero-order valence-corrected chi connectivity index (χ0v) is 13.4. The quantitative estimate of drug-likeness (QED) is 0.865. The summed E-state index contributed by atoms with van der Waals surface area (Å²) >= 11 is 0. The lowest BCUT2D eigenvalue weighted by Gasteiger charge is -2.35. The summed E-state index contributed by atoms with van der Waals surface area (Å²) in [4.78, 5) is 25.5. The summed E-state index contributed by atoms with van der Waals surface area (Å²) in [6.45, 7) is 11.8. The van der Waals surface area contributed by atoms with Crippen LogP contribution in [0.15, 0.2) is 0 Å². The van der Waals surface area contributed by atoms with Crippen molar-refractivity contribution in [2.75, 3.05) is 19.6 Å². The average molecular weight is 284 g/mol. The van der Waals surface area contributed by atoms with Crippen molar-refractivity contribution in [1.29, 1.82) is 0 Å². The average Bonchev–Trinajstić information content (AvgIpc) is 2.24. The summed E-state index contributed by atoms with van der Waals surface area (Å²) in [5.74, 6) is 1.22. The van der Waals surface area contributed by atoms with Crippen LogP contribution in [0.1, 0.15) is 47.5 Å². The smallest absolute Gasteiger partial charge is 0.407 e. The van der Waals surface area contributed by atoms with Crippen LogP contribution in [0.25, 0.3) is 0 Å². The minimum Gasteiger partial charge on any atom is -0.444 e. The van der Waals surface area contributed by atoms with Crippen molar-refractivity contribution in [3.05, 3.63) is 0 Å². The molecule has 2 atom stereocenters. The van der Waals surface area contributed by atoms with Crippen LogP contribution < -0.4 is 5.32 Å². The number of carbonyl (C=O) groups is 2. The van der Waals surface area contributed by atoms with Gasteiger partial charge in [0.05, 0.1) is 0 Å². The van der Waals surface area contributed by atoms with Gasteiger partial charge in [0.15, 0.2) is 0 Å². The Morgan fingerprint density at radius 3 is 2.25 bits per heavy atom. The number of rotatable bonds is 3. The minimum absolute atomic E-state index is 0.111. The van der Waals surface area contributed by atoms with E-state index >= 15 is 0 Å². The predicted octanol–water partition coefficient (Wildman–Crippen LogP) is 2.41. The molecule has 1 aliphatic rings. The van der Waals surface area contributed by atoms with Crippen LogP contribution in [0.3, 0.4) is 0 Å². The molecule has 20 heavy (non-hydrogen) atoms. The molecule has 0 aliphatic carbocycles. The molecule has 5 nitrogen and oxygen atoms in total. The van der Waals surface area contributed by atoms with Crippen LogP contribution >= 0.6 is 0 Å². The maximum atomic E-state index is 12.1. The van der Waals surface area contributed by atoms with Crippen molar-refractivity contribution in [1.82, 2.24) is 10.2 Å². The molecule has 0 unspecified atom stereocenters. The maximum absolute atomic E-state index is 12.1. The monoisotopic (exact) mass is 284 g/mol. The van der Waals surface area contributed by atoms with Gasteiger partial charge >= 0.3 is 6.09 Å². The molecule has 0 saturated carbocycles. The Hall–Kier alpha value is -1.26. The van der Waals surface area contributed by atoms with Crippen molar-refractivity contribution in [2.24, 2.45) is 11.8 Å². The van der Waals surface area contributed by atoms with Crippen LogP contribution in [0.4, 0.5) is 4.79 Å². The minimum atomic E-state index is -0.508. The van der Waals surface area contributed by atoms with E-state index in [0.29, 0.717) is 24.8 Å². The molecule has 5 heteroatoms. The fraction of sp³-hybridized carbons (Fsp3) is 0.867. The summed E-state index contributed by atoms with van der Waals surface area (Å²) < 4.78 is 5.12. The molecule has 2 amide bonds. The topological polar surface area (TPSA) is 58.6 Å². The number of ether oxygens (including phenoxy) is 1. The van der Waals surface area contributed by atoms with Crippen molar-refractivity contribution < 1.29 is 14.3 Å². The van der Waals surface area contributed by atoms with Gasteiger partial charge in [-0.3, -0.25) is 4.79 Å². The van der Waals surface area contributed by atoms with Crippen LogP contribution in [0, 0.1) is 11.8 Å². The molecule has 0 aromatic heterocycles. The third kappa shape index (κ3) is 6.26. The van der Waals surface area contributed by atoms with E-state index in [1.807, 2.05) is 25.7 Å². The highest BCUT2D eigenvalue weighted by molar-refractivity contribution is 5.77. The lowest BCUT2D eigenvalue weighted by Crippen LogP contribution is -2.43. The molecule has 0 radical (unpaired) electrons. The Labute approximate surface area is 122 Å². The molecule has 1 aliphatic heterocycles. The lowest BCUT2D eigenvalue weighted by atomic mass is 9.92. The van der Waals surface area contributed by atoms with E-state index in [0.717, 1.165) is 13.1 Å². The van der Waals surface area contributed by atoms with Crippen LogP contribution in [0.2, 0.25) is 0 Å². The van der Waals surface area contributed by atoms with Gasteiger partial charge in [-0.2, -0.15) is 0 Å². The standard InChI is InChI=1S/C15H28N2O3/c1-11-8-12(2)10-17(9-11)13(18)6-7-16-14(19)20-15(3,4)5/h11-12H,6-10H2,1-5H3,(H,16,19)/t11-,12-/m0/s1. The van der Waals surface area contributed by atoms with Gasteiger partial charge in [0.25, 0.3) is 0 Å². The summed E-state index contributed by atoms with van der Waals surface area (Å²) in [6, 6.07) is 0. The summed E-state index contributed by atoms with van der Waals surface area (Å²) in [6.07, 6.45) is 1.05. The number of hydrogen-bond donors (Lipinski definition) is 1. The number of nitrogens with one attached hydrogen (secondary N) is 1. The first-order valence-electron chi connectivity index (χ1n) is 7.42. The predicted molar refractivity (Wildman–Crippen MR) is 78.4 cm³/mol. The Balaban J connectivity index is 2.28. The van der Waals surface area contributed by atoms with Crippen LogP contribution in [-0.2, 0) is 9.53 Å². The second-order valence-electron chi connectivity index (χ2n) is 6.92. The van der Waals surface area contributed by atoms with E-state index < -0.39 is 11.7 Å². The van der Waals surface area contributed by atoms with Crippen molar-refractivity contribution in [3.63, 3.8) is 0 Å². The fourth-order valence-electron chi connectivity index (χ4n) is 2.61. The fourth-order valence-corrected chi connectivity index (χ4v) is 2.61. The SMILES string of the molecule is C[C@H]1C[C@H](C)CN(C(=O)CCNC(=O)OC(C)(C)C)C1. The van der Waals surface area contributed by atoms with Crippen molar-refractivity contribution in [3.8, 4) is 0 Å². The van der Waals surface area contributed by atoms with E-state index in [1.165, 1.54) is 6.42 Å². The molecule has 1 fully saturated rings. The number of nitrogens with zero attached hydrogens (tertiary/aromatic N) is 1. The van der Waals surface area contributed by atoms with Crippen LogP contribution in [0.5, 0.6) is 0 Å². The van der Waals surface area contributed by atoms with Crippen molar-refractivity contribution in [2.45, 2.75) is 53.1 Å². The number of carbonyl (C=O) groups excluding carboxylic acids is 2. The number of likely N-dealkylation sites (tertiary alicyclic amines) is 1. The molecule has 1 heterocycles. The van der Waals surface area contributed by atoms with Gasteiger partial charge in [0.2, 0.25) is 5.91 Å². The van der Waals surface area contributed by atoms with Crippen LogP contribution in [-0.4, -0.2) is 42.1 Å². The molecule has 1 N–H and O–H groups in total. The lowest BCUT2D eigenvalue weighted by molar-refractivity contribution is -0.133. The second kappa shape index (κ2) is 6.95. The Morgan fingerprint density at radius 2 is 1.75 bits per heavy atom. The van der Waals surface area contributed by atoms with Gasteiger partial charge in [-0.05, 0) is 39.0 Å². The number of amides is 2. The Morgan fingerprint density at radius 1 is 1.20 bits per heavy atom. The highest BCUT2D eigenvalue weighted by atomic mass is 16.6. The van der Waals surface area contributed by atoms with E-state index in [1.54, 1.807) is 0 Å². The number of hydrogen-bond acceptors (Lipinski definition) is 3. The molecule has 0 spiro atoms. The van der Waals surface area contributed by atoms with E-state index in [2.05, 4.69) is 19.2 Å². The largest absolute Gasteiger partial charge is 0.444 e. The molecular formula is C15H28N2O3. The molecular weight excluding hydrogens is 256 g/mol. The first-order chi connectivity index (χ1) is 9.17. The number of alkyl carbamates (subject to hydrolysis) is 1. The van der Waals surface area contributed by atoms with E-state index in [9.17, 15) is 9.59 Å². The third-order valence-electron chi connectivity index (χ3n) is 3.23.